The summed E-state index contributed by atoms with van der Waals surface area (Å²) in [6.45, 7) is 4.29. The zero-order chi connectivity index (χ0) is 23.3. The van der Waals surface area contributed by atoms with Crippen molar-refractivity contribution in [1.82, 2.24) is 10.5 Å². The van der Waals surface area contributed by atoms with E-state index in [-0.39, 0.29) is 19.1 Å². The van der Waals surface area contributed by atoms with Crippen LogP contribution in [0.25, 0.3) is 0 Å². The van der Waals surface area contributed by atoms with Crippen LogP contribution < -0.4 is 10.1 Å². The number of unbranched alkanes of at least 4 members (excludes halogenated alkanes) is 14. The lowest BCUT2D eigenvalue weighted by Gasteiger charge is -2.15. The minimum Gasteiger partial charge on any atom is -0.466 e. The topological polar surface area (TPSA) is 93.8 Å². The van der Waals surface area contributed by atoms with Gasteiger partial charge >= 0.3 is 6.09 Å². The van der Waals surface area contributed by atoms with E-state index in [0.717, 1.165) is 12.8 Å². The number of aryl methyl sites for hydroxylation is 1. The predicted octanol–water partition coefficient (Wildman–Crippen LogP) is 6.32. The van der Waals surface area contributed by atoms with Gasteiger partial charge in [0.25, 0.3) is 5.88 Å². The summed E-state index contributed by atoms with van der Waals surface area (Å²) in [6, 6.07) is 1.61. The van der Waals surface area contributed by atoms with Gasteiger partial charge in [-0.05, 0) is 18.5 Å². The van der Waals surface area contributed by atoms with Crippen LogP contribution in [0.15, 0.2) is 10.6 Å². The van der Waals surface area contributed by atoms with Gasteiger partial charge in [0.15, 0.2) is 6.10 Å². The van der Waals surface area contributed by atoms with Gasteiger partial charge in [0, 0.05) is 12.6 Å². The van der Waals surface area contributed by atoms with Gasteiger partial charge in [-0.1, -0.05) is 96.8 Å². The molecule has 186 valence electrons. The van der Waals surface area contributed by atoms with Crippen molar-refractivity contribution in [2.45, 2.75) is 116 Å². The van der Waals surface area contributed by atoms with E-state index in [9.17, 15) is 9.90 Å². The van der Waals surface area contributed by atoms with Gasteiger partial charge in [-0.2, -0.15) is 0 Å². The fraction of sp³-hybridized carbons (Fsp3) is 0.840. The quantitative estimate of drug-likeness (QED) is 0.211. The molecule has 0 bridgehead atoms. The lowest BCUT2D eigenvalue weighted by Crippen LogP contribution is -2.33. The molecular formula is C25H46N2O5. The molecule has 1 amide bonds. The third-order valence-electron chi connectivity index (χ3n) is 5.55. The van der Waals surface area contributed by atoms with Crippen molar-refractivity contribution in [3.8, 4) is 5.88 Å². The normalized spacial score (nSPS) is 12.0. The molecule has 0 aliphatic carbocycles. The van der Waals surface area contributed by atoms with Crippen LogP contribution in [0.4, 0.5) is 4.79 Å². The first-order chi connectivity index (χ1) is 15.7. The first-order valence-electron chi connectivity index (χ1n) is 12.8. The summed E-state index contributed by atoms with van der Waals surface area (Å²) in [5, 5.41) is 15.8. The molecule has 1 rings (SSSR count). The average Bonchev–Trinajstić information content (AvgIpc) is 3.20. The lowest BCUT2D eigenvalue weighted by molar-refractivity contribution is 0.0426. The molecule has 0 aromatic carbocycles. The number of hydrogen-bond donors (Lipinski definition) is 2. The molecule has 7 nitrogen and oxygen atoms in total. The Kier molecular flexibility index (Phi) is 17.6. The van der Waals surface area contributed by atoms with Gasteiger partial charge in [-0.3, -0.25) is 0 Å². The summed E-state index contributed by atoms with van der Waals surface area (Å²) < 4.78 is 15.4. The SMILES string of the molecule is CCCCCCCCCCCCCCCCCNC(=O)OCC(CO)Oc1cc(C)on1. The van der Waals surface area contributed by atoms with Crippen LogP contribution in [-0.4, -0.2) is 42.2 Å². The van der Waals surface area contributed by atoms with Gasteiger partial charge in [0.2, 0.25) is 0 Å². The van der Waals surface area contributed by atoms with Crippen molar-refractivity contribution < 1.29 is 23.9 Å². The first-order valence-corrected chi connectivity index (χ1v) is 12.8. The molecule has 1 unspecified atom stereocenters. The summed E-state index contributed by atoms with van der Waals surface area (Å²) >= 11 is 0. The van der Waals surface area contributed by atoms with Crippen molar-refractivity contribution in [1.29, 1.82) is 0 Å². The van der Waals surface area contributed by atoms with E-state index in [4.69, 9.17) is 14.0 Å². The van der Waals surface area contributed by atoms with E-state index < -0.39 is 12.2 Å². The number of hydrogen-bond acceptors (Lipinski definition) is 6. The highest BCUT2D eigenvalue weighted by molar-refractivity contribution is 5.67. The molecule has 0 aliphatic rings. The van der Waals surface area contributed by atoms with Crippen LogP contribution >= 0.6 is 0 Å². The molecule has 1 atom stereocenters. The van der Waals surface area contributed by atoms with Crippen LogP contribution in [0.3, 0.4) is 0 Å². The van der Waals surface area contributed by atoms with E-state index in [1.165, 1.54) is 83.5 Å². The molecule has 1 aromatic rings. The molecule has 2 N–H and O–H groups in total. The third kappa shape index (κ3) is 16.0. The Bertz CT molecular complexity index is 564. The maximum atomic E-state index is 11.8. The predicted molar refractivity (Wildman–Crippen MR) is 127 cm³/mol. The third-order valence-corrected chi connectivity index (χ3v) is 5.55. The highest BCUT2D eigenvalue weighted by Gasteiger charge is 2.14. The number of aliphatic hydroxyl groups is 1. The number of alkyl carbamates (subject to hydrolysis) is 1. The molecule has 1 aromatic heterocycles. The molecule has 1 heterocycles. The Balaban J connectivity index is 1.85. The van der Waals surface area contributed by atoms with Gasteiger partial charge in [0.1, 0.15) is 12.4 Å². The summed E-state index contributed by atoms with van der Waals surface area (Å²) in [7, 11) is 0. The maximum Gasteiger partial charge on any atom is 0.407 e. The second-order valence-corrected chi connectivity index (χ2v) is 8.67. The monoisotopic (exact) mass is 454 g/mol. The molecule has 0 aliphatic heterocycles. The summed E-state index contributed by atoms with van der Waals surface area (Å²) in [5.74, 6) is 0.877. The van der Waals surface area contributed by atoms with E-state index in [1.807, 2.05) is 0 Å². The van der Waals surface area contributed by atoms with Gasteiger partial charge in [-0.25, -0.2) is 4.79 Å². The molecule has 0 fully saturated rings. The van der Waals surface area contributed by atoms with Crippen LogP contribution in [0.5, 0.6) is 5.88 Å². The Labute approximate surface area is 194 Å². The lowest BCUT2D eigenvalue weighted by atomic mass is 10.0. The van der Waals surface area contributed by atoms with Crippen LogP contribution in [-0.2, 0) is 4.74 Å². The molecule has 0 spiro atoms. The minimum absolute atomic E-state index is 0.0485. The largest absolute Gasteiger partial charge is 0.466 e. The number of aliphatic hydroxyl groups excluding tert-OH is 1. The number of aromatic nitrogens is 1. The number of amides is 1. The summed E-state index contributed by atoms with van der Waals surface area (Å²) in [5.41, 5.74) is 0. The van der Waals surface area contributed by atoms with Crippen LogP contribution in [0, 0.1) is 6.92 Å². The number of rotatable bonds is 21. The molecule has 0 saturated carbocycles. The summed E-state index contributed by atoms with van der Waals surface area (Å²) in [6.07, 6.45) is 18.6. The summed E-state index contributed by atoms with van der Waals surface area (Å²) in [4.78, 5) is 11.8. The Morgan fingerprint density at radius 2 is 1.50 bits per heavy atom. The van der Waals surface area contributed by atoms with Crippen molar-refractivity contribution in [2.75, 3.05) is 19.8 Å². The van der Waals surface area contributed by atoms with E-state index in [1.54, 1.807) is 13.0 Å². The fourth-order valence-electron chi connectivity index (χ4n) is 3.60. The Morgan fingerprint density at radius 3 is 1.97 bits per heavy atom. The highest BCUT2D eigenvalue weighted by Crippen LogP contribution is 2.14. The molecule has 0 radical (unpaired) electrons. The van der Waals surface area contributed by atoms with E-state index >= 15 is 0 Å². The van der Waals surface area contributed by atoms with Gasteiger partial charge in [0.05, 0.1) is 6.61 Å². The van der Waals surface area contributed by atoms with Crippen molar-refractivity contribution in [2.24, 2.45) is 0 Å². The molecule has 7 heteroatoms. The first kappa shape index (κ1) is 28.3. The Hall–Kier alpha value is -1.76. The van der Waals surface area contributed by atoms with Crippen molar-refractivity contribution in [3.05, 3.63) is 11.8 Å². The second-order valence-electron chi connectivity index (χ2n) is 8.67. The van der Waals surface area contributed by atoms with E-state index in [0.29, 0.717) is 12.3 Å². The number of carbonyl (C=O) groups excluding carboxylic acids is 1. The maximum absolute atomic E-state index is 11.8. The number of nitrogens with zero attached hydrogens (tertiary/aromatic N) is 1. The number of nitrogens with one attached hydrogen (secondary N) is 1. The molecule has 32 heavy (non-hydrogen) atoms. The molecule has 0 saturated heterocycles. The smallest absolute Gasteiger partial charge is 0.407 e. The zero-order valence-corrected chi connectivity index (χ0v) is 20.4. The van der Waals surface area contributed by atoms with Crippen LogP contribution in [0.2, 0.25) is 0 Å². The zero-order valence-electron chi connectivity index (χ0n) is 20.4. The number of ether oxygens (including phenoxy) is 2. The van der Waals surface area contributed by atoms with Crippen LogP contribution in [0.1, 0.15) is 109 Å². The standard InChI is InChI=1S/C25H46N2O5/c1-3-4-5-6-7-8-9-10-11-12-13-14-15-16-17-18-26-25(29)30-21-23(20-28)31-24-19-22(2)32-27-24/h19,23,28H,3-18,20-21H2,1-2H3,(H,26,29). The van der Waals surface area contributed by atoms with Crippen molar-refractivity contribution >= 4 is 6.09 Å². The fourth-order valence-corrected chi connectivity index (χ4v) is 3.60. The highest BCUT2D eigenvalue weighted by atomic mass is 16.6. The minimum atomic E-state index is -0.670. The van der Waals surface area contributed by atoms with Gasteiger partial charge < -0.3 is 24.4 Å². The second kappa shape index (κ2) is 19.9. The average molecular weight is 455 g/mol. The van der Waals surface area contributed by atoms with E-state index in [2.05, 4.69) is 17.4 Å². The molecular weight excluding hydrogens is 408 g/mol. The number of carbonyl (C=O) groups is 1. The van der Waals surface area contributed by atoms with Gasteiger partial charge in [-0.15, -0.1) is 0 Å². The van der Waals surface area contributed by atoms with Crippen molar-refractivity contribution in [3.63, 3.8) is 0 Å². The Morgan fingerprint density at radius 1 is 0.969 bits per heavy atom.